The maximum absolute atomic E-state index is 11.9. The van der Waals surface area contributed by atoms with Gasteiger partial charge >= 0.3 is 6.09 Å². The number of rotatable bonds is 15. The third-order valence-corrected chi connectivity index (χ3v) is 5.39. The first kappa shape index (κ1) is 26.7. The van der Waals surface area contributed by atoms with Gasteiger partial charge in [-0.1, -0.05) is 62.4 Å². The molecule has 30 heavy (non-hydrogen) atoms. The number of alkyl carbamates (subject to hydrolysis) is 1. The van der Waals surface area contributed by atoms with Crippen molar-refractivity contribution >= 4 is 34.5 Å². The van der Waals surface area contributed by atoms with Crippen LogP contribution in [0.15, 0.2) is 30.3 Å². The van der Waals surface area contributed by atoms with Crippen LogP contribution >= 0.6 is 24.0 Å². The second-order valence-electron chi connectivity index (χ2n) is 6.90. The fourth-order valence-electron chi connectivity index (χ4n) is 2.76. The van der Waals surface area contributed by atoms with Crippen molar-refractivity contribution < 1.29 is 19.0 Å². The van der Waals surface area contributed by atoms with Gasteiger partial charge in [-0.25, -0.2) is 4.79 Å². The number of nitrogens with zero attached hydrogens (tertiary/aromatic N) is 1. The number of ether oxygens (including phenoxy) is 3. The normalized spacial score (nSPS) is 11.9. The first-order chi connectivity index (χ1) is 14.6. The first-order valence-electron chi connectivity index (χ1n) is 10.6. The summed E-state index contributed by atoms with van der Waals surface area (Å²) in [6.45, 7) is 8.58. The average Bonchev–Trinajstić information content (AvgIpc) is 2.76. The Balaban J connectivity index is 2.41. The van der Waals surface area contributed by atoms with Crippen LogP contribution in [0.2, 0.25) is 0 Å². The molecule has 6 nitrogen and oxygen atoms in total. The van der Waals surface area contributed by atoms with Crippen molar-refractivity contribution in [2.45, 2.75) is 45.8 Å². The summed E-state index contributed by atoms with van der Waals surface area (Å²) in [6, 6.07) is 9.64. The molecular formula is C22H36N2O4S2. The first-order valence-corrected chi connectivity index (χ1v) is 12.2. The molecule has 0 radical (unpaired) electrons. The van der Waals surface area contributed by atoms with Gasteiger partial charge in [-0.05, 0) is 43.4 Å². The van der Waals surface area contributed by atoms with Crippen molar-refractivity contribution in [3.8, 4) is 0 Å². The summed E-state index contributed by atoms with van der Waals surface area (Å²) in [5, 5.41) is 2.83. The fraction of sp³-hybridized carbons (Fsp3) is 0.636. The van der Waals surface area contributed by atoms with Gasteiger partial charge in [-0.3, -0.25) is 4.90 Å². The number of carbonyl (C=O) groups excluding carboxylic acids is 1. The van der Waals surface area contributed by atoms with E-state index in [1.54, 1.807) is 0 Å². The van der Waals surface area contributed by atoms with Gasteiger partial charge < -0.3 is 19.5 Å². The van der Waals surface area contributed by atoms with E-state index in [1.165, 1.54) is 11.8 Å². The fourth-order valence-corrected chi connectivity index (χ4v) is 3.01. The number of hydrogen-bond acceptors (Lipinski definition) is 7. The third kappa shape index (κ3) is 13.1. The van der Waals surface area contributed by atoms with Crippen molar-refractivity contribution in [2.75, 3.05) is 45.6 Å². The summed E-state index contributed by atoms with van der Waals surface area (Å²) in [7, 11) is 0. The molecule has 0 aliphatic heterocycles. The van der Waals surface area contributed by atoms with Crippen molar-refractivity contribution in [3.05, 3.63) is 35.9 Å². The average molecular weight is 457 g/mol. The van der Waals surface area contributed by atoms with Gasteiger partial charge in [0, 0.05) is 26.2 Å². The third-order valence-electron chi connectivity index (χ3n) is 4.32. The van der Waals surface area contributed by atoms with Gasteiger partial charge in [-0.15, -0.1) is 0 Å². The quantitative estimate of drug-likeness (QED) is 0.308. The van der Waals surface area contributed by atoms with Crippen molar-refractivity contribution in [2.24, 2.45) is 0 Å². The van der Waals surface area contributed by atoms with Crippen molar-refractivity contribution in [1.29, 1.82) is 0 Å². The monoisotopic (exact) mass is 456 g/mol. The van der Waals surface area contributed by atoms with E-state index in [9.17, 15) is 4.79 Å². The van der Waals surface area contributed by atoms with Crippen LogP contribution < -0.4 is 5.32 Å². The Morgan fingerprint density at radius 2 is 1.93 bits per heavy atom. The zero-order valence-corrected chi connectivity index (χ0v) is 20.1. The molecule has 0 saturated carbocycles. The maximum Gasteiger partial charge on any atom is 0.407 e. The molecule has 0 saturated heterocycles. The molecule has 0 spiro atoms. The largest absolute Gasteiger partial charge is 0.476 e. The number of thioether (sulfide) groups is 1. The maximum atomic E-state index is 11.9. The summed E-state index contributed by atoms with van der Waals surface area (Å²) >= 11 is 6.57. The van der Waals surface area contributed by atoms with E-state index in [2.05, 4.69) is 24.1 Å². The second-order valence-corrected chi connectivity index (χ2v) is 8.31. The van der Waals surface area contributed by atoms with Crippen molar-refractivity contribution in [3.63, 3.8) is 0 Å². The minimum Gasteiger partial charge on any atom is -0.476 e. The summed E-state index contributed by atoms with van der Waals surface area (Å²) < 4.78 is 17.4. The molecule has 0 aliphatic rings. The van der Waals surface area contributed by atoms with Gasteiger partial charge in [0.25, 0.3) is 0 Å². The van der Waals surface area contributed by atoms with Crippen LogP contribution in [0.4, 0.5) is 4.79 Å². The Morgan fingerprint density at radius 3 is 2.60 bits per heavy atom. The van der Waals surface area contributed by atoms with Crippen LogP contribution in [0.25, 0.3) is 0 Å². The van der Waals surface area contributed by atoms with Crippen LogP contribution in [0.1, 0.15) is 38.7 Å². The summed E-state index contributed by atoms with van der Waals surface area (Å²) in [5.41, 5.74) is 0.968. The van der Waals surface area contributed by atoms with Gasteiger partial charge in [0.05, 0.1) is 0 Å². The highest BCUT2D eigenvalue weighted by Gasteiger charge is 2.16. The number of benzene rings is 1. The SMILES string of the molecule is CCCCOC(COC(=S)SC)CN(CCC)CCNC(=O)OCc1ccccc1. The number of hydrogen-bond donors (Lipinski definition) is 1. The van der Waals surface area contributed by atoms with E-state index >= 15 is 0 Å². The molecule has 0 bridgehead atoms. The number of unbranched alkanes of at least 4 members (excludes halogenated alkanes) is 1. The Morgan fingerprint density at radius 1 is 1.17 bits per heavy atom. The Hall–Kier alpha value is -1.35. The molecule has 1 atom stereocenters. The molecule has 1 rings (SSSR count). The number of thiocarbonyl (C=S) groups is 1. The van der Waals surface area contributed by atoms with Gasteiger partial charge in [-0.2, -0.15) is 0 Å². The van der Waals surface area contributed by atoms with Gasteiger partial charge in [0.15, 0.2) is 0 Å². The highest BCUT2D eigenvalue weighted by atomic mass is 32.2. The Kier molecular flexibility index (Phi) is 15.4. The summed E-state index contributed by atoms with van der Waals surface area (Å²) in [4.78, 5) is 14.2. The molecular weight excluding hydrogens is 420 g/mol. The molecule has 1 aromatic rings. The van der Waals surface area contributed by atoms with Crippen LogP contribution in [0.5, 0.6) is 0 Å². The van der Waals surface area contributed by atoms with E-state index in [0.717, 1.165) is 44.5 Å². The summed E-state index contributed by atoms with van der Waals surface area (Å²) in [6.07, 6.45) is 4.57. The molecule has 0 heterocycles. The Bertz CT molecular complexity index is 590. The molecule has 170 valence electrons. The second kappa shape index (κ2) is 17.3. The lowest BCUT2D eigenvalue weighted by molar-refractivity contribution is -0.00403. The van der Waals surface area contributed by atoms with E-state index in [0.29, 0.717) is 24.1 Å². The Labute approximate surface area is 191 Å². The molecule has 8 heteroatoms. The lowest BCUT2D eigenvalue weighted by Crippen LogP contribution is -2.41. The number of amides is 1. The molecule has 1 amide bonds. The van der Waals surface area contributed by atoms with Crippen LogP contribution in [0.3, 0.4) is 0 Å². The minimum absolute atomic E-state index is 0.0572. The molecule has 1 unspecified atom stereocenters. The lowest BCUT2D eigenvalue weighted by Gasteiger charge is -2.27. The van der Waals surface area contributed by atoms with Gasteiger partial charge in [0.2, 0.25) is 4.38 Å². The standard InChI is InChI=1S/C22H36N2O4S2/c1-4-6-15-26-20(18-28-22(29)30-3)16-24(13-5-2)14-12-23-21(25)27-17-19-10-8-7-9-11-19/h7-11,20H,4-6,12-18H2,1-3H3,(H,23,25). The predicted molar refractivity (Wildman–Crippen MR) is 128 cm³/mol. The molecule has 0 aliphatic carbocycles. The molecule has 1 N–H and O–H groups in total. The van der Waals surface area contributed by atoms with Crippen LogP contribution in [0, 0.1) is 0 Å². The predicted octanol–water partition coefficient (Wildman–Crippen LogP) is 4.47. The molecule has 1 aromatic carbocycles. The zero-order chi connectivity index (χ0) is 22.0. The molecule has 0 fully saturated rings. The highest BCUT2D eigenvalue weighted by Crippen LogP contribution is 2.06. The van der Waals surface area contributed by atoms with Crippen LogP contribution in [-0.4, -0.2) is 67.1 Å². The van der Waals surface area contributed by atoms with Crippen LogP contribution in [-0.2, 0) is 20.8 Å². The topological polar surface area (TPSA) is 60.0 Å². The highest BCUT2D eigenvalue weighted by molar-refractivity contribution is 8.22. The molecule has 0 aromatic heterocycles. The van der Waals surface area contributed by atoms with Crippen molar-refractivity contribution in [1.82, 2.24) is 10.2 Å². The zero-order valence-electron chi connectivity index (χ0n) is 18.4. The van der Waals surface area contributed by atoms with E-state index in [1.807, 2.05) is 36.6 Å². The van der Waals surface area contributed by atoms with E-state index < -0.39 is 6.09 Å². The smallest absolute Gasteiger partial charge is 0.407 e. The van der Waals surface area contributed by atoms with E-state index in [-0.39, 0.29) is 12.7 Å². The number of nitrogens with one attached hydrogen (secondary N) is 1. The number of carbonyl (C=O) groups is 1. The van der Waals surface area contributed by atoms with Gasteiger partial charge in [0.1, 0.15) is 19.3 Å². The van der Waals surface area contributed by atoms with E-state index in [4.69, 9.17) is 26.4 Å². The lowest BCUT2D eigenvalue weighted by atomic mass is 10.2. The minimum atomic E-state index is -0.403. The summed E-state index contributed by atoms with van der Waals surface area (Å²) in [5.74, 6) is 0.